The Labute approximate surface area is 173 Å². The van der Waals surface area contributed by atoms with Crippen LogP contribution in [0.1, 0.15) is 28.3 Å². The fourth-order valence-corrected chi connectivity index (χ4v) is 4.26. The third-order valence-electron chi connectivity index (χ3n) is 4.93. The summed E-state index contributed by atoms with van der Waals surface area (Å²) < 4.78 is 13.0. The standard InChI is InChI=1S/C23H22INO2/c1-26-21-13-17-11-12-25-23(18-9-5-6-10-20(18)24)19(17)14-22(21)27-15-16-7-3-2-4-8-16/h2-10,13-14,23,25H,11-12,15H2,1H3. The van der Waals surface area contributed by atoms with Gasteiger partial charge in [-0.2, -0.15) is 0 Å². The summed E-state index contributed by atoms with van der Waals surface area (Å²) in [5.41, 5.74) is 5.04. The lowest BCUT2D eigenvalue weighted by atomic mass is 9.89. The van der Waals surface area contributed by atoms with Crippen LogP contribution in [0.15, 0.2) is 66.7 Å². The van der Waals surface area contributed by atoms with Gasteiger partial charge in [0.15, 0.2) is 11.5 Å². The lowest BCUT2D eigenvalue weighted by Crippen LogP contribution is -2.31. The molecule has 3 nitrogen and oxygen atoms in total. The molecule has 1 aliphatic rings. The number of ether oxygens (including phenoxy) is 2. The van der Waals surface area contributed by atoms with Crippen molar-refractivity contribution < 1.29 is 9.47 Å². The molecule has 3 aromatic carbocycles. The first-order valence-corrected chi connectivity index (χ1v) is 10.2. The molecule has 27 heavy (non-hydrogen) atoms. The average molecular weight is 471 g/mol. The van der Waals surface area contributed by atoms with Crippen LogP contribution in [-0.2, 0) is 13.0 Å². The highest BCUT2D eigenvalue weighted by Gasteiger charge is 2.25. The normalized spacial score (nSPS) is 15.9. The summed E-state index contributed by atoms with van der Waals surface area (Å²) in [5.74, 6) is 1.59. The van der Waals surface area contributed by atoms with Gasteiger partial charge >= 0.3 is 0 Å². The molecule has 0 aliphatic carbocycles. The zero-order valence-electron chi connectivity index (χ0n) is 15.2. The number of halogens is 1. The second-order valence-electron chi connectivity index (χ2n) is 6.63. The van der Waals surface area contributed by atoms with Crippen LogP contribution in [0.5, 0.6) is 11.5 Å². The quantitative estimate of drug-likeness (QED) is 0.525. The Bertz CT molecular complexity index is 927. The fourth-order valence-electron chi connectivity index (χ4n) is 3.56. The number of fused-ring (bicyclic) bond motifs is 1. The van der Waals surface area contributed by atoms with Crippen molar-refractivity contribution in [1.82, 2.24) is 5.32 Å². The van der Waals surface area contributed by atoms with Gasteiger partial charge < -0.3 is 14.8 Å². The Hall–Kier alpha value is -2.05. The molecule has 1 unspecified atom stereocenters. The van der Waals surface area contributed by atoms with Crippen molar-refractivity contribution in [2.75, 3.05) is 13.7 Å². The van der Waals surface area contributed by atoms with Crippen LogP contribution in [0, 0.1) is 3.57 Å². The second-order valence-corrected chi connectivity index (χ2v) is 7.80. The van der Waals surface area contributed by atoms with Crippen LogP contribution in [0.2, 0.25) is 0 Å². The number of rotatable bonds is 5. The van der Waals surface area contributed by atoms with Gasteiger partial charge in [-0.1, -0.05) is 48.5 Å². The Balaban J connectivity index is 1.69. The molecule has 4 rings (SSSR count). The molecule has 0 saturated carbocycles. The van der Waals surface area contributed by atoms with E-state index in [1.165, 1.54) is 20.3 Å². The molecule has 0 fully saturated rings. The smallest absolute Gasteiger partial charge is 0.162 e. The van der Waals surface area contributed by atoms with Gasteiger partial charge in [-0.05, 0) is 69.5 Å². The molecular weight excluding hydrogens is 449 g/mol. The average Bonchev–Trinajstić information content (AvgIpc) is 2.72. The lowest BCUT2D eigenvalue weighted by molar-refractivity contribution is 0.283. The van der Waals surface area contributed by atoms with Crippen molar-refractivity contribution >= 4 is 22.6 Å². The number of nitrogens with one attached hydrogen (secondary N) is 1. The zero-order valence-corrected chi connectivity index (χ0v) is 17.4. The van der Waals surface area contributed by atoms with E-state index in [4.69, 9.17) is 9.47 Å². The third kappa shape index (κ3) is 3.96. The first-order chi connectivity index (χ1) is 13.3. The van der Waals surface area contributed by atoms with Gasteiger partial charge in [-0.25, -0.2) is 0 Å². The molecule has 4 heteroatoms. The summed E-state index contributed by atoms with van der Waals surface area (Å²) in [6.07, 6.45) is 0.991. The SMILES string of the molecule is COc1cc2c(cc1OCc1ccccc1)C(c1ccccc1I)NCC2. The second kappa shape index (κ2) is 8.31. The number of hydrogen-bond acceptors (Lipinski definition) is 3. The molecule has 0 bridgehead atoms. The maximum absolute atomic E-state index is 6.14. The Morgan fingerprint density at radius 3 is 2.52 bits per heavy atom. The van der Waals surface area contributed by atoms with E-state index in [-0.39, 0.29) is 6.04 Å². The van der Waals surface area contributed by atoms with Crippen molar-refractivity contribution in [3.05, 3.63) is 92.6 Å². The molecule has 138 valence electrons. The molecule has 1 atom stereocenters. The summed E-state index contributed by atoms with van der Waals surface area (Å²) in [4.78, 5) is 0. The van der Waals surface area contributed by atoms with Gasteiger partial charge in [-0.15, -0.1) is 0 Å². The van der Waals surface area contributed by atoms with Gasteiger partial charge in [0.1, 0.15) is 6.61 Å². The predicted molar refractivity (Wildman–Crippen MR) is 116 cm³/mol. The molecule has 0 saturated heterocycles. The van der Waals surface area contributed by atoms with Crippen LogP contribution < -0.4 is 14.8 Å². The Morgan fingerprint density at radius 2 is 1.74 bits per heavy atom. The van der Waals surface area contributed by atoms with Gasteiger partial charge in [0.25, 0.3) is 0 Å². The van der Waals surface area contributed by atoms with Crippen LogP contribution in [0.25, 0.3) is 0 Å². The summed E-state index contributed by atoms with van der Waals surface area (Å²) >= 11 is 2.41. The van der Waals surface area contributed by atoms with Gasteiger partial charge in [0.05, 0.1) is 13.2 Å². The van der Waals surface area contributed by atoms with E-state index in [0.717, 1.165) is 30.0 Å². The summed E-state index contributed by atoms with van der Waals surface area (Å²) in [6.45, 7) is 1.48. The van der Waals surface area contributed by atoms with Gasteiger partial charge in [-0.3, -0.25) is 0 Å². The van der Waals surface area contributed by atoms with Crippen molar-refractivity contribution in [2.45, 2.75) is 19.1 Å². The molecule has 3 aromatic rings. The lowest BCUT2D eigenvalue weighted by Gasteiger charge is -2.29. The highest BCUT2D eigenvalue weighted by atomic mass is 127. The number of methoxy groups -OCH3 is 1. The molecule has 0 aromatic heterocycles. The van der Waals surface area contributed by atoms with Crippen LogP contribution in [-0.4, -0.2) is 13.7 Å². The van der Waals surface area contributed by atoms with Crippen molar-refractivity contribution in [3.63, 3.8) is 0 Å². The predicted octanol–water partition coefficient (Wildman–Crippen LogP) is 5.11. The van der Waals surface area contributed by atoms with Crippen LogP contribution in [0.4, 0.5) is 0 Å². The maximum atomic E-state index is 6.14. The number of hydrogen-bond donors (Lipinski definition) is 1. The highest BCUT2D eigenvalue weighted by Crippen LogP contribution is 2.38. The minimum Gasteiger partial charge on any atom is -0.493 e. The number of benzene rings is 3. The molecule has 0 radical (unpaired) electrons. The van der Waals surface area contributed by atoms with Crippen molar-refractivity contribution in [2.24, 2.45) is 0 Å². The van der Waals surface area contributed by atoms with Crippen molar-refractivity contribution in [3.8, 4) is 11.5 Å². The fraction of sp³-hybridized carbons (Fsp3) is 0.217. The monoisotopic (exact) mass is 471 g/mol. The van der Waals surface area contributed by atoms with E-state index in [9.17, 15) is 0 Å². The first-order valence-electron chi connectivity index (χ1n) is 9.11. The molecular formula is C23H22INO2. The van der Waals surface area contributed by atoms with E-state index in [0.29, 0.717) is 6.61 Å². The van der Waals surface area contributed by atoms with Crippen molar-refractivity contribution in [1.29, 1.82) is 0 Å². The molecule has 0 amide bonds. The summed E-state index contributed by atoms with van der Waals surface area (Å²) in [7, 11) is 1.70. The Kier molecular flexibility index (Phi) is 5.64. The third-order valence-corrected chi connectivity index (χ3v) is 5.92. The molecule has 1 heterocycles. The van der Waals surface area contributed by atoms with Gasteiger partial charge in [0.2, 0.25) is 0 Å². The highest BCUT2D eigenvalue weighted by molar-refractivity contribution is 14.1. The minimum atomic E-state index is 0.173. The summed E-state index contributed by atoms with van der Waals surface area (Å²) in [5, 5.41) is 3.67. The maximum Gasteiger partial charge on any atom is 0.162 e. The largest absolute Gasteiger partial charge is 0.493 e. The summed E-state index contributed by atoms with van der Waals surface area (Å²) in [6, 6.07) is 23.2. The van der Waals surface area contributed by atoms with Crippen LogP contribution in [0.3, 0.4) is 0 Å². The topological polar surface area (TPSA) is 30.5 Å². The zero-order chi connectivity index (χ0) is 18.6. The van der Waals surface area contributed by atoms with E-state index in [1.807, 2.05) is 18.2 Å². The van der Waals surface area contributed by atoms with E-state index >= 15 is 0 Å². The van der Waals surface area contributed by atoms with E-state index in [2.05, 4.69) is 76.4 Å². The minimum absolute atomic E-state index is 0.173. The Morgan fingerprint density at radius 1 is 0.963 bits per heavy atom. The molecule has 1 N–H and O–H groups in total. The van der Waals surface area contributed by atoms with Gasteiger partial charge in [0, 0.05) is 10.1 Å². The molecule has 1 aliphatic heterocycles. The van der Waals surface area contributed by atoms with E-state index < -0.39 is 0 Å². The van der Waals surface area contributed by atoms with E-state index in [1.54, 1.807) is 7.11 Å². The van der Waals surface area contributed by atoms with Crippen LogP contribution >= 0.6 is 22.6 Å². The first kappa shape index (κ1) is 18.3. The molecule has 0 spiro atoms.